The molecule has 6 heteroatoms. The number of pyridine rings is 1. The summed E-state index contributed by atoms with van der Waals surface area (Å²) in [5.41, 5.74) is 6.34. The van der Waals surface area contributed by atoms with Gasteiger partial charge in [0.15, 0.2) is 0 Å². The smallest absolute Gasteiger partial charge is 0.253 e. The summed E-state index contributed by atoms with van der Waals surface area (Å²) in [5.74, 6) is -0.311. The molecular formula is C12H16N4O2. The number of rotatable bonds is 5. The number of nitrogens with zero attached hydrogens (tertiary/aromatic N) is 1. The maximum Gasteiger partial charge on any atom is 0.253 e. The zero-order valence-corrected chi connectivity index (χ0v) is 9.98. The molecule has 6 nitrogen and oxygen atoms in total. The lowest BCUT2D eigenvalue weighted by molar-refractivity contribution is -0.121. The van der Waals surface area contributed by atoms with E-state index < -0.39 is 0 Å². The number of hydrogen-bond donors (Lipinski definition) is 3. The van der Waals surface area contributed by atoms with Crippen molar-refractivity contribution in [2.24, 2.45) is 0 Å². The Kier molecular flexibility index (Phi) is 3.76. The quantitative estimate of drug-likeness (QED) is 0.686. The Morgan fingerprint density at radius 2 is 2.22 bits per heavy atom. The molecule has 1 heterocycles. The molecule has 0 bridgehead atoms. The van der Waals surface area contributed by atoms with Crippen LogP contribution in [-0.4, -0.2) is 29.4 Å². The van der Waals surface area contributed by atoms with Gasteiger partial charge in [-0.3, -0.25) is 14.6 Å². The van der Waals surface area contributed by atoms with Crippen LogP contribution in [0.5, 0.6) is 0 Å². The molecule has 0 aliphatic heterocycles. The van der Waals surface area contributed by atoms with Crippen molar-refractivity contribution < 1.29 is 9.59 Å². The molecule has 2 rings (SSSR count). The van der Waals surface area contributed by atoms with Crippen molar-refractivity contribution in [3.8, 4) is 0 Å². The van der Waals surface area contributed by atoms with Gasteiger partial charge < -0.3 is 16.4 Å². The van der Waals surface area contributed by atoms with Crippen LogP contribution in [0, 0.1) is 0 Å². The van der Waals surface area contributed by atoms with Crippen LogP contribution >= 0.6 is 0 Å². The van der Waals surface area contributed by atoms with Crippen LogP contribution in [-0.2, 0) is 4.79 Å². The van der Waals surface area contributed by atoms with Crippen molar-refractivity contribution in [3.05, 3.63) is 24.0 Å². The maximum absolute atomic E-state index is 11.7. The van der Waals surface area contributed by atoms with Crippen LogP contribution in [0.25, 0.3) is 0 Å². The minimum Gasteiger partial charge on any atom is -0.397 e. The molecule has 0 atom stereocenters. The number of nitrogens with two attached hydrogens (primary N) is 1. The highest BCUT2D eigenvalue weighted by Crippen LogP contribution is 2.18. The van der Waals surface area contributed by atoms with Gasteiger partial charge in [0.25, 0.3) is 5.91 Å². The summed E-state index contributed by atoms with van der Waals surface area (Å²) in [6, 6.07) is 1.90. The summed E-state index contributed by atoms with van der Waals surface area (Å²) in [6.45, 7) is 0.305. The average molecular weight is 248 g/mol. The zero-order chi connectivity index (χ0) is 13.0. The lowest BCUT2D eigenvalue weighted by Gasteiger charge is -2.07. The maximum atomic E-state index is 11.7. The Bertz CT molecular complexity index is 457. The lowest BCUT2D eigenvalue weighted by Crippen LogP contribution is -2.31. The zero-order valence-electron chi connectivity index (χ0n) is 9.98. The fraction of sp³-hybridized carbons (Fsp3) is 0.417. The Balaban J connectivity index is 1.74. The van der Waals surface area contributed by atoms with Crippen molar-refractivity contribution in [1.29, 1.82) is 0 Å². The summed E-state index contributed by atoms with van der Waals surface area (Å²) in [7, 11) is 0. The van der Waals surface area contributed by atoms with E-state index in [2.05, 4.69) is 15.6 Å². The van der Waals surface area contributed by atoms with E-state index in [1.54, 1.807) is 6.07 Å². The Hall–Kier alpha value is -2.11. The first-order valence-corrected chi connectivity index (χ1v) is 5.94. The molecule has 0 spiro atoms. The molecule has 2 amide bonds. The molecule has 1 fully saturated rings. The summed E-state index contributed by atoms with van der Waals surface area (Å²) in [4.78, 5) is 26.9. The fourth-order valence-electron chi connectivity index (χ4n) is 1.53. The molecule has 1 saturated carbocycles. The number of amides is 2. The third kappa shape index (κ3) is 3.44. The number of anilines is 1. The lowest BCUT2D eigenvalue weighted by atomic mass is 10.2. The second-order valence-corrected chi connectivity index (χ2v) is 4.31. The van der Waals surface area contributed by atoms with Gasteiger partial charge in [-0.15, -0.1) is 0 Å². The van der Waals surface area contributed by atoms with E-state index in [0.29, 0.717) is 23.8 Å². The number of hydrogen-bond acceptors (Lipinski definition) is 4. The predicted octanol–water partition coefficient (Wildman–Crippen LogP) is 0.0623. The Morgan fingerprint density at radius 1 is 1.44 bits per heavy atom. The van der Waals surface area contributed by atoms with Gasteiger partial charge in [-0.25, -0.2) is 0 Å². The highest BCUT2D eigenvalue weighted by atomic mass is 16.2. The molecular weight excluding hydrogens is 232 g/mol. The number of nitrogens with one attached hydrogen (secondary N) is 2. The fourth-order valence-corrected chi connectivity index (χ4v) is 1.53. The number of carbonyl (C=O) groups is 2. The average Bonchev–Trinajstić information content (AvgIpc) is 3.13. The van der Waals surface area contributed by atoms with E-state index in [1.807, 2.05) is 0 Å². The third-order valence-corrected chi connectivity index (χ3v) is 2.68. The van der Waals surface area contributed by atoms with Crippen LogP contribution in [0.1, 0.15) is 29.6 Å². The molecule has 96 valence electrons. The van der Waals surface area contributed by atoms with E-state index in [9.17, 15) is 9.59 Å². The largest absolute Gasteiger partial charge is 0.397 e. The second-order valence-electron chi connectivity index (χ2n) is 4.31. The first-order chi connectivity index (χ1) is 8.66. The van der Waals surface area contributed by atoms with Gasteiger partial charge in [0.05, 0.1) is 17.4 Å². The molecule has 0 radical (unpaired) electrons. The van der Waals surface area contributed by atoms with E-state index in [1.165, 1.54) is 12.4 Å². The van der Waals surface area contributed by atoms with Crippen molar-refractivity contribution in [2.75, 3.05) is 12.3 Å². The standard InChI is InChI=1S/C12H16N4O2/c13-10-7-14-5-3-9(10)12(18)15-6-4-11(17)16-8-1-2-8/h3,5,7-8H,1-2,4,6,13H2,(H,15,18)(H,16,17). The molecule has 1 aromatic rings. The predicted molar refractivity (Wildman–Crippen MR) is 66.8 cm³/mol. The van der Waals surface area contributed by atoms with Crippen molar-refractivity contribution in [2.45, 2.75) is 25.3 Å². The van der Waals surface area contributed by atoms with Gasteiger partial charge in [0.1, 0.15) is 0 Å². The van der Waals surface area contributed by atoms with Crippen LogP contribution < -0.4 is 16.4 Å². The molecule has 0 unspecified atom stereocenters. The molecule has 0 saturated heterocycles. The van der Waals surface area contributed by atoms with Gasteiger partial charge in [-0.2, -0.15) is 0 Å². The van der Waals surface area contributed by atoms with Crippen molar-refractivity contribution in [3.63, 3.8) is 0 Å². The van der Waals surface area contributed by atoms with E-state index in [-0.39, 0.29) is 18.2 Å². The highest BCUT2D eigenvalue weighted by Gasteiger charge is 2.22. The molecule has 1 aliphatic carbocycles. The first-order valence-electron chi connectivity index (χ1n) is 5.94. The molecule has 0 aromatic carbocycles. The van der Waals surface area contributed by atoms with Crippen molar-refractivity contribution >= 4 is 17.5 Å². The van der Waals surface area contributed by atoms with Gasteiger partial charge >= 0.3 is 0 Å². The SMILES string of the molecule is Nc1cnccc1C(=O)NCCC(=O)NC1CC1. The van der Waals surface area contributed by atoms with E-state index in [0.717, 1.165) is 12.8 Å². The molecule has 4 N–H and O–H groups in total. The van der Waals surface area contributed by atoms with Crippen LogP contribution in [0.2, 0.25) is 0 Å². The molecule has 1 aliphatic rings. The highest BCUT2D eigenvalue weighted by molar-refractivity contribution is 5.98. The van der Waals surface area contributed by atoms with Crippen LogP contribution in [0.3, 0.4) is 0 Å². The van der Waals surface area contributed by atoms with Crippen molar-refractivity contribution in [1.82, 2.24) is 15.6 Å². The van der Waals surface area contributed by atoms with E-state index >= 15 is 0 Å². The Morgan fingerprint density at radius 3 is 2.89 bits per heavy atom. The van der Waals surface area contributed by atoms with E-state index in [4.69, 9.17) is 5.73 Å². The number of aromatic nitrogens is 1. The Labute approximate surface area is 105 Å². The van der Waals surface area contributed by atoms with Gasteiger partial charge in [-0.1, -0.05) is 0 Å². The monoisotopic (exact) mass is 248 g/mol. The van der Waals surface area contributed by atoms with Crippen LogP contribution in [0.15, 0.2) is 18.5 Å². The topological polar surface area (TPSA) is 97.1 Å². The van der Waals surface area contributed by atoms with Gasteiger partial charge in [0.2, 0.25) is 5.91 Å². The summed E-state index contributed by atoms with van der Waals surface area (Å²) >= 11 is 0. The normalized spacial score (nSPS) is 14.0. The number of carbonyl (C=O) groups excluding carboxylic acids is 2. The second kappa shape index (κ2) is 5.48. The third-order valence-electron chi connectivity index (χ3n) is 2.68. The van der Waals surface area contributed by atoms with Gasteiger partial charge in [0, 0.05) is 25.2 Å². The summed E-state index contributed by atoms with van der Waals surface area (Å²) < 4.78 is 0. The van der Waals surface area contributed by atoms with Crippen LogP contribution in [0.4, 0.5) is 5.69 Å². The summed E-state index contributed by atoms with van der Waals surface area (Å²) in [5, 5.41) is 5.51. The molecule has 18 heavy (non-hydrogen) atoms. The number of nitrogen functional groups attached to an aromatic ring is 1. The molecule has 1 aromatic heterocycles. The minimum absolute atomic E-state index is 0.0273. The summed E-state index contributed by atoms with van der Waals surface area (Å²) in [6.07, 6.45) is 5.34. The van der Waals surface area contributed by atoms with Gasteiger partial charge in [-0.05, 0) is 18.9 Å². The first kappa shape index (κ1) is 12.3. The minimum atomic E-state index is -0.283.